The number of ether oxygens (including phenoxy) is 3. The number of carbonyl (C=O) groups is 1. The highest BCUT2D eigenvalue weighted by Gasteiger charge is 2.15. The minimum atomic E-state index is -0.0768. The number of methoxy groups -OCH3 is 1. The summed E-state index contributed by atoms with van der Waals surface area (Å²) in [5.41, 5.74) is 0.721. The van der Waals surface area contributed by atoms with Crippen molar-refractivity contribution in [2.45, 2.75) is 18.9 Å². The first-order chi connectivity index (χ1) is 10.8. The molecule has 0 bridgehead atoms. The molecule has 1 heterocycles. The highest BCUT2D eigenvalue weighted by atomic mass is 16.5. The molecule has 0 aliphatic carbocycles. The first kappa shape index (κ1) is 16.7. The van der Waals surface area contributed by atoms with Gasteiger partial charge in [0.25, 0.3) is 0 Å². The molecule has 0 aromatic heterocycles. The molecular weight excluding hydrogens is 284 g/mol. The molecule has 1 saturated heterocycles. The van der Waals surface area contributed by atoms with Crippen LogP contribution in [0.4, 0.5) is 5.69 Å². The summed E-state index contributed by atoms with van der Waals surface area (Å²) in [6, 6.07) is 7.33. The Balaban J connectivity index is 1.69. The molecule has 6 heteroatoms. The minimum Gasteiger partial charge on any atom is -0.491 e. The first-order valence-corrected chi connectivity index (χ1v) is 7.62. The predicted molar refractivity (Wildman–Crippen MR) is 84.3 cm³/mol. The minimum absolute atomic E-state index is 0.0768. The van der Waals surface area contributed by atoms with Crippen LogP contribution >= 0.6 is 0 Å². The van der Waals surface area contributed by atoms with Gasteiger partial charge in [0.2, 0.25) is 5.91 Å². The van der Waals surface area contributed by atoms with Gasteiger partial charge in [0.15, 0.2) is 0 Å². The molecule has 2 N–H and O–H groups in total. The van der Waals surface area contributed by atoms with Gasteiger partial charge in [-0.15, -0.1) is 0 Å². The van der Waals surface area contributed by atoms with Crippen molar-refractivity contribution < 1.29 is 19.0 Å². The van der Waals surface area contributed by atoms with Crippen molar-refractivity contribution in [2.75, 3.05) is 45.3 Å². The van der Waals surface area contributed by atoms with Gasteiger partial charge in [-0.1, -0.05) is 6.07 Å². The van der Waals surface area contributed by atoms with Crippen LogP contribution in [0, 0.1) is 0 Å². The van der Waals surface area contributed by atoms with Crippen LogP contribution in [0.15, 0.2) is 24.3 Å². The van der Waals surface area contributed by atoms with E-state index in [4.69, 9.17) is 14.2 Å². The number of hydrogen-bond donors (Lipinski definition) is 2. The number of amides is 1. The summed E-state index contributed by atoms with van der Waals surface area (Å²) >= 11 is 0. The molecule has 2 rings (SSSR count). The quantitative estimate of drug-likeness (QED) is 0.675. The Morgan fingerprint density at radius 1 is 1.41 bits per heavy atom. The lowest BCUT2D eigenvalue weighted by Crippen LogP contribution is -2.33. The Bertz CT molecular complexity index is 461. The monoisotopic (exact) mass is 308 g/mol. The first-order valence-electron chi connectivity index (χ1n) is 7.62. The maximum Gasteiger partial charge on any atom is 0.238 e. The second-order valence-corrected chi connectivity index (χ2v) is 5.18. The summed E-state index contributed by atoms with van der Waals surface area (Å²) in [5.74, 6) is 0.634. The van der Waals surface area contributed by atoms with Gasteiger partial charge in [-0.2, -0.15) is 0 Å². The van der Waals surface area contributed by atoms with Crippen molar-refractivity contribution in [1.82, 2.24) is 5.32 Å². The number of nitrogens with one attached hydrogen (secondary N) is 2. The fourth-order valence-corrected chi connectivity index (χ4v) is 2.26. The zero-order valence-electron chi connectivity index (χ0n) is 13.0. The van der Waals surface area contributed by atoms with Crippen molar-refractivity contribution in [3.8, 4) is 5.75 Å². The Morgan fingerprint density at radius 2 is 2.32 bits per heavy atom. The van der Waals surface area contributed by atoms with E-state index >= 15 is 0 Å². The largest absolute Gasteiger partial charge is 0.491 e. The van der Waals surface area contributed by atoms with Crippen LogP contribution in [0.1, 0.15) is 12.8 Å². The van der Waals surface area contributed by atoms with Crippen molar-refractivity contribution in [1.29, 1.82) is 0 Å². The number of benzene rings is 1. The molecule has 1 unspecified atom stereocenters. The van der Waals surface area contributed by atoms with Gasteiger partial charge in [-0.05, 0) is 25.0 Å². The van der Waals surface area contributed by atoms with E-state index in [-0.39, 0.29) is 18.6 Å². The van der Waals surface area contributed by atoms with Crippen LogP contribution in [-0.2, 0) is 14.3 Å². The van der Waals surface area contributed by atoms with E-state index in [0.29, 0.717) is 25.5 Å². The highest BCUT2D eigenvalue weighted by Crippen LogP contribution is 2.17. The van der Waals surface area contributed by atoms with Crippen LogP contribution in [0.25, 0.3) is 0 Å². The summed E-state index contributed by atoms with van der Waals surface area (Å²) < 4.78 is 15.9. The summed E-state index contributed by atoms with van der Waals surface area (Å²) in [4.78, 5) is 11.9. The summed E-state index contributed by atoms with van der Waals surface area (Å²) in [7, 11) is 1.63. The standard InChI is InChI=1S/C16H24N2O4/c1-20-8-9-22-14-5-2-4-13(10-14)18-16(19)12-17-11-15-6-3-7-21-15/h2,4-5,10,15,17H,3,6-9,11-12H2,1H3,(H,18,19). The lowest BCUT2D eigenvalue weighted by atomic mass is 10.2. The Morgan fingerprint density at radius 3 is 3.09 bits per heavy atom. The average Bonchev–Trinajstić information content (AvgIpc) is 3.01. The normalized spacial score (nSPS) is 17.4. The zero-order valence-corrected chi connectivity index (χ0v) is 13.0. The Labute approximate surface area is 131 Å². The number of hydrogen-bond acceptors (Lipinski definition) is 5. The molecule has 1 fully saturated rings. The fraction of sp³-hybridized carbons (Fsp3) is 0.562. The molecule has 0 saturated carbocycles. The third-order valence-electron chi connectivity index (χ3n) is 3.36. The molecular formula is C16H24N2O4. The topological polar surface area (TPSA) is 68.8 Å². The van der Waals surface area contributed by atoms with E-state index in [0.717, 1.165) is 25.1 Å². The van der Waals surface area contributed by atoms with Crippen LogP contribution < -0.4 is 15.4 Å². The lowest BCUT2D eigenvalue weighted by molar-refractivity contribution is -0.115. The van der Waals surface area contributed by atoms with Crippen molar-refractivity contribution in [2.24, 2.45) is 0 Å². The average molecular weight is 308 g/mol. The van der Waals surface area contributed by atoms with E-state index in [1.165, 1.54) is 0 Å². The third kappa shape index (κ3) is 6.01. The Hall–Kier alpha value is -1.63. The Kier molecular flexibility index (Phi) is 7.15. The number of carbonyl (C=O) groups excluding carboxylic acids is 1. The predicted octanol–water partition coefficient (Wildman–Crippen LogP) is 1.42. The van der Waals surface area contributed by atoms with Gasteiger partial charge in [0, 0.05) is 32.0 Å². The van der Waals surface area contributed by atoms with Gasteiger partial charge in [-0.25, -0.2) is 0 Å². The number of rotatable bonds is 9. The number of anilines is 1. The van der Waals surface area contributed by atoms with Crippen LogP contribution in [-0.4, -0.2) is 52.0 Å². The van der Waals surface area contributed by atoms with Crippen LogP contribution in [0.5, 0.6) is 5.75 Å². The van der Waals surface area contributed by atoms with Crippen LogP contribution in [0.3, 0.4) is 0 Å². The maximum atomic E-state index is 11.9. The van der Waals surface area contributed by atoms with Gasteiger partial charge < -0.3 is 24.8 Å². The molecule has 1 amide bonds. The second-order valence-electron chi connectivity index (χ2n) is 5.18. The van der Waals surface area contributed by atoms with E-state index < -0.39 is 0 Å². The summed E-state index contributed by atoms with van der Waals surface area (Å²) in [6.07, 6.45) is 2.41. The maximum absolute atomic E-state index is 11.9. The molecule has 122 valence electrons. The molecule has 6 nitrogen and oxygen atoms in total. The molecule has 1 aromatic carbocycles. The molecule has 22 heavy (non-hydrogen) atoms. The van der Waals surface area contributed by atoms with Crippen molar-refractivity contribution in [3.05, 3.63) is 24.3 Å². The van der Waals surface area contributed by atoms with Gasteiger partial charge in [0.05, 0.1) is 19.3 Å². The molecule has 0 radical (unpaired) electrons. The van der Waals surface area contributed by atoms with Crippen molar-refractivity contribution in [3.63, 3.8) is 0 Å². The van der Waals surface area contributed by atoms with Gasteiger partial charge in [0.1, 0.15) is 12.4 Å². The molecule has 0 spiro atoms. The van der Waals surface area contributed by atoms with E-state index in [9.17, 15) is 4.79 Å². The van der Waals surface area contributed by atoms with E-state index in [1.54, 1.807) is 13.2 Å². The molecule has 1 aliphatic rings. The molecule has 1 aromatic rings. The van der Waals surface area contributed by atoms with Crippen LogP contribution in [0.2, 0.25) is 0 Å². The van der Waals surface area contributed by atoms with Crippen molar-refractivity contribution >= 4 is 11.6 Å². The summed E-state index contributed by atoms with van der Waals surface area (Å²) in [6.45, 7) is 2.83. The fourth-order valence-electron chi connectivity index (χ4n) is 2.26. The SMILES string of the molecule is COCCOc1cccc(NC(=O)CNCC2CCCO2)c1. The lowest BCUT2D eigenvalue weighted by Gasteiger charge is -2.11. The second kappa shape index (κ2) is 9.40. The molecule has 1 aliphatic heterocycles. The van der Waals surface area contributed by atoms with Gasteiger partial charge in [-0.3, -0.25) is 4.79 Å². The van der Waals surface area contributed by atoms with Gasteiger partial charge >= 0.3 is 0 Å². The zero-order chi connectivity index (χ0) is 15.6. The smallest absolute Gasteiger partial charge is 0.238 e. The highest BCUT2D eigenvalue weighted by molar-refractivity contribution is 5.92. The summed E-state index contributed by atoms with van der Waals surface area (Å²) in [5, 5.41) is 5.96. The van der Waals surface area contributed by atoms with E-state index in [1.807, 2.05) is 18.2 Å². The third-order valence-corrected chi connectivity index (χ3v) is 3.36. The van der Waals surface area contributed by atoms with E-state index in [2.05, 4.69) is 10.6 Å². The molecule has 1 atom stereocenters.